The van der Waals surface area contributed by atoms with Crippen LogP contribution < -0.4 is 14.8 Å². The third-order valence-corrected chi connectivity index (χ3v) is 2.67. The van der Waals surface area contributed by atoms with E-state index in [1.54, 1.807) is 26.4 Å². The van der Waals surface area contributed by atoms with Crippen molar-refractivity contribution in [3.05, 3.63) is 17.2 Å². The normalized spacial score (nSPS) is 10.1. The van der Waals surface area contributed by atoms with E-state index < -0.39 is 0 Å². The summed E-state index contributed by atoms with van der Waals surface area (Å²) in [5, 5.41) is 12.4. The molecule has 0 aliphatic heterocycles. The summed E-state index contributed by atoms with van der Waals surface area (Å²) >= 11 is 6.00. The zero-order chi connectivity index (χ0) is 12.7. The fourth-order valence-corrected chi connectivity index (χ4v) is 1.69. The van der Waals surface area contributed by atoms with Gasteiger partial charge in [-0.25, -0.2) is 0 Å². The number of methoxy groups -OCH3 is 2. The van der Waals surface area contributed by atoms with Crippen LogP contribution >= 0.6 is 11.6 Å². The van der Waals surface area contributed by atoms with Crippen molar-refractivity contribution >= 4 is 17.3 Å². The Morgan fingerprint density at radius 2 is 1.88 bits per heavy atom. The van der Waals surface area contributed by atoms with Gasteiger partial charge in [-0.3, -0.25) is 0 Å². The number of benzene rings is 1. The smallest absolute Gasteiger partial charge is 0.143 e. The Labute approximate surface area is 106 Å². The Morgan fingerprint density at radius 1 is 1.18 bits per heavy atom. The average Bonchev–Trinajstić information content (AvgIpc) is 2.35. The van der Waals surface area contributed by atoms with E-state index in [1.807, 2.05) is 0 Å². The number of ether oxygens (including phenoxy) is 2. The topological polar surface area (TPSA) is 50.7 Å². The van der Waals surface area contributed by atoms with Crippen LogP contribution in [0.2, 0.25) is 5.02 Å². The lowest BCUT2D eigenvalue weighted by Crippen LogP contribution is -2.04. The van der Waals surface area contributed by atoms with Crippen LogP contribution in [0.3, 0.4) is 0 Å². The maximum atomic E-state index is 8.69. The number of hydrogen-bond donors (Lipinski definition) is 2. The largest absolute Gasteiger partial charge is 0.495 e. The molecule has 0 aliphatic rings. The SMILES string of the molecule is COc1cc(NCCCCO)c(OC)cc1Cl. The van der Waals surface area contributed by atoms with Crippen molar-refractivity contribution in [2.75, 3.05) is 32.7 Å². The number of anilines is 1. The molecule has 0 unspecified atom stereocenters. The fraction of sp³-hybridized carbons (Fsp3) is 0.500. The Morgan fingerprint density at radius 3 is 2.47 bits per heavy atom. The van der Waals surface area contributed by atoms with Crippen LogP contribution in [0.5, 0.6) is 11.5 Å². The molecule has 1 aromatic rings. The van der Waals surface area contributed by atoms with Crippen molar-refractivity contribution in [3.8, 4) is 11.5 Å². The highest BCUT2D eigenvalue weighted by molar-refractivity contribution is 6.32. The summed E-state index contributed by atoms with van der Waals surface area (Å²) in [6.45, 7) is 0.977. The Hall–Kier alpha value is -1.13. The molecule has 1 aromatic carbocycles. The van der Waals surface area contributed by atoms with E-state index in [0.29, 0.717) is 16.5 Å². The summed E-state index contributed by atoms with van der Waals surface area (Å²) in [6.07, 6.45) is 1.67. The van der Waals surface area contributed by atoms with E-state index in [4.69, 9.17) is 26.2 Å². The number of unbranched alkanes of at least 4 members (excludes halogenated alkanes) is 1. The minimum absolute atomic E-state index is 0.211. The summed E-state index contributed by atoms with van der Waals surface area (Å²) in [7, 11) is 3.17. The van der Waals surface area contributed by atoms with E-state index >= 15 is 0 Å². The van der Waals surface area contributed by atoms with Crippen molar-refractivity contribution in [3.63, 3.8) is 0 Å². The van der Waals surface area contributed by atoms with Gasteiger partial charge < -0.3 is 19.9 Å². The Balaban J connectivity index is 2.74. The second-order valence-corrected chi connectivity index (χ2v) is 3.95. The van der Waals surface area contributed by atoms with Crippen molar-refractivity contribution < 1.29 is 14.6 Å². The first-order valence-electron chi connectivity index (χ1n) is 5.49. The number of hydrogen-bond acceptors (Lipinski definition) is 4. The molecule has 0 spiro atoms. The fourth-order valence-electron chi connectivity index (χ4n) is 1.46. The van der Waals surface area contributed by atoms with E-state index in [1.165, 1.54) is 0 Å². The van der Waals surface area contributed by atoms with Gasteiger partial charge >= 0.3 is 0 Å². The minimum Gasteiger partial charge on any atom is -0.495 e. The Kier molecular flexibility index (Phi) is 5.94. The number of nitrogens with one attached hydrogen (secondary N) is 1. The molecular formula is C12H18ClNO3. The van der Waals surface area contributed by atoms with Gasteiger partial charge in [0.05, 0.1) is 24.9 Å². The predicted molar refractivity (Wildman–Crippen MR) is 69.4 cm³/mol. The zero-order valence-corrected chi connectivity index (χ0v) is 10.9. The molecule has 0 heterocycles. The van der Waals surface area contributed by atoms with Gasteiger partial charge in [-0.15, -0.1) is 0 Å². The molecular weight excluding hydrogens is 242 g/mol. The summed E-state index contributed by atoms with van der Waals surface area (Å²) in [5.74, 6) is 1.29. The van der Waals surface area contributed by atoms with Gasteiger partial charge in [0.15, 0.2) is 0 Å². The van der Waals surface area contributed by atoms with Crippen molar-refractivity contribution in [2.45, 2.75) is 12.8 Å². The molecule has 5 heteroatoms. The lowest BCUT2D eigenvalue weighted by Gasteiger charge is -2.13. The average molecular weight is 260 g/mol. The van der Waals surface area contributed by atoms with E-state index in [-0.39, 0.29) is 6.61 Å². The lowest BCUT2D eigenvalue weighted by atomic mass is 10.2. The monoisotopic (exact) mass is 259 g/mol. The molecule has 0 saturated heterocycles. The van der Waals surface area contributed by atoms with Gasteiger partial charge in [-0.1, -0.05) is 11.6 Å². The molecule has 0 bridgehead atoms. The maximum Gasteiger partial charge on any atom is 0.143 e. The molecule has 0 atom stereocenters. The molecule has 0 saturated carbocycles. The third kappa shape index (κ3) is 3.98. The number of aliphatic hydroxyl groups excluding tert-OH is 1. The van der Waals surface area contributed by atoms with Gasteiger partial charge in [-0.2, -0.15) is 0 Å². The van der Waals surface area contributed by atoms with Gasteiger partial charge in [0.25, 0.3) is 0 Å². The van der Waals surface area contributed by atoms with E-state index in [9.17, 15) is 0 Å². The quantitative estimate of drug-likeness (QED) is 0.739. The van der Waals surface area contributed by atoms with Crippen molar-refractivity contribution in [1.29, 1.82) is 0 Å². The second kappa shape index (κ2) is 7.25. The maximum absolute atomic E-state index is 8.69. The molecule has 1 rings (SSSR count). The molecule has 96 valence electrons. The highest BCUT2D eigenvalue weighted by Gasteiger charge is 2.09. The van der Waals surface area contributed by atoms with Crippen LogP contribution in [-0.4, -0.2) is 32.5 Å². The molecule has 2 N–H and O–H groups in total. The Bertz CT molecular complexity index is 358. The van der Waals surface area contributed by atoms with Crippen molar-refractivity contribution in [2.24, 2.45) is 0 Å². The number of halogens is 1. The van der Waals surface area contributed by atoms with Crippen LogP contribution in [0.15, 0.2) is 12.1 Å². The third-order valence-electron chi connectivity index (χ3n) is 2.37. The van der Waals surface area contributed by atoms with E-state index in [0.717, 1.165) is 25.1 Å². The van der Waals surface area contributed by atoms with Crippen LogP contribution in [0.25, 0.3) is 0 Å². The molecule has 4 nitrogen and oxygen atoms in total. The highest BCUT2D eigenvalue weighted by Crippen LogP contribution is 2.35. The number of rotatable bonds is 7. The zero-order valence-electron chi connectivity index (χ0n) is 10.1. The molecule has 0 fully saturated rings. The first-order chi connectivity index (χ1) is 8.22. The minimum atomic E-state index is 0.211. The highest BCUT2D eigenvalue weighted by atomic mass is 35.5. The lowest BCUT2D eigenvalue weighted by molar-refractivity contribution is 0.286. The summed E-state index contributed by atoms with van der Waals surface area (Å²) in [4.78, 5) is 0. The predicted octanol–water partition coefficient (Wildman–Crippen LogP) is 2.54. The van der Waals surface area contributed by atoms with Gasteiger partial charge in [0.1, 0.15) is 11.5 Å². The molecule has 0 amide bonds. The number of aliphatic hydroxyl groups is 1. The van der Waals surface area contributed by atoms with Crippen LogP contribution in [0.1, 0.15) is 12.8 Å². The summed E-state index contributed by atoms with van der Waals surface area (Å²) in [6, 6.07) is 3.52. The first-order valence-corrected chi connectivity index (χ1v) is 5.87. The standard InChI is InChI=1S/C12H18ClNO3/c1-16-11-8-10(14-5-3-4-6-15)12(17-2)7-9(11)13/h7-8,14-15H,3-6H2,1-2H3. The second-order valence-electron chi connectivity index (χ2n) is 3.54. The van der Waals surface area contributed by atoms with Crippen molar-refractivity contribution in [1.82, 2.24) is 0 Å². The van der Waals surface area contributed by atoms with Gasteiger partial charge in [-0.05, 0) is 12.8 Å². The van der Waals surface area contributed by atoms with Crippen LogP contribution in [-0.2, 0) is 0 Å². The van der Waals surface area contributed by atoms with Gasteiger partial charge in [0.2, 0.25) is 0 Å². The van der Waals surface area contributed by atoms with Gasteiger partial charge in [0, 0.05) is 25.3 Å². The molecule has 0 radical (unpaired) electrons. The molecule has 0 aliphatic carbocycles. The summed E-state index contributed by atoms with van der Waals surface area (Å²) < 4.78 is 10.4. The van der Waals surface area contributed by atoms with Crippen LogP contribution in [0, 0.1) is 0 Å². The molecule has 0 aromatic heterocycles. The van der Waals surface area contributed by atoms with Crippen LogP contribution in [0.4, 0.5) is 5.69 Å². The molecule has 17 heavy (non-hydrogen) atoms. The van der Waals surface area contributed by atoms with E-state index in [2.05, 4.69) is 5.32 Å². The summed E-state index contributed by atoms with van der Waals surface area (Å²) in [5.41, 5.74) is 0.840. The first kappa shape index (κ1) is 13.9.